The maximum absolute atomic E-state index is 9.23. The molecule has 1 aromatic carbocycles. The molecule has 0 aromatic heterocycles. The summed E-state index contributed by atoms with van der Waals surface area (Å²) in [4.78, 5) is 0. The summed E-state index contributed by atoms with van der Waals surface area (Å²) >= 11 is 0. The highest BCUT2D eigenvalue weighted by Gasteiger charge is 2.05. The van der Waals surface area contributed by atoms with Crippen molar-refractivity contribution in [1.29, 1.82) is 0 Å². The Morgan fingerprint density at radius 3 is 2.55 bits per heavy atom. The van der Waals surface area contributed by atoms with Gasteiger partial charge in [-0.05, 0) is 6.07 Å². The molecule has 2 nitrogen and oxygen atoms in total. The van der Waals surface area contributed by atoms with Crippen molar-refractivity contribution in [3.05, 3.63) is 42.5 Å². The van der Waals surface area contributed by atoms with Gasteiger partial charge in [-0.25, -0.2) is 0 Å². The SMILES string of the molecule is C=CC(O)c1ccccc1O. The van der Waals surface area contributed by atoms with Crippen LogP contribution < -0.4 is 0 Å². The monoisotopic (exact) mass is 150 g/mol. The first-order valence-corrected chi connectivity index (χ1v) is 3.34. The first-order chi connectivity index (χ1) is 5.25. The number of para-hydroxylation sites is 1. The first kappa shape index (κ1) is 7.82. The van der Waals surface area contributed by atoms with Crippen molar-refractivity contribution in [2.24, 2.45) is 0 Å². The lowest BCUT2D eigenvalue weighted by molar-refractivity contribution is 0.224. The van der Waals surface area contributed by atoms with Gasteiger partial charge in [0.05, 0.1) is 0 Å². The maximum Gasteiger partial charge on any atom is 0.121 e. The van der Waals surface area contributed by atoms with E-state index in [-0.39, 0.29) is 5.75 Å². The number of aliphatic hydroxyl groups excluding tert-OH is 1. The number of hydrogen-bond acceptors (Lipinski definition) is 2. The third kappa shape index (κ3) is 1.59. The van der Waals surface area contributed by atoms with Gasteiger partial charge in [0.25, 0.3) is 0 Å². The van der Waals surface area contributed by atoms with Crippen LogP contribution in [0.25, 0.3) is 0 Å². The number of aromatic hydroxyl groups is 1. The van der Waals surface area contributed by atoms with Crippen LogP contribution >= 0.6 is 0 Å². The predicted octanol–water partition coefficient (Wildman–Crippen LogP) is 1.61. The van der Waals surface area contributed by atoms with Crippen molar-refractivity contribution in [3.63, 3.8) is 0 Å². The van der Waals surface area contributed by atoms with E-state index in [0.717, 1.165) is 0 Å². The van der Waals surface area contributed by atoms with Gasteiger partial charge in [0.2, 0.25) is 0 Å². The quantitative estimate of drug-likeness (QED) is 0.629. The van der Waals surface area contributed by atoms with E-state index < -0.39 is 6.10 Å². The van der Waals surface area contributed by atoms with Crippen LogP contribution in [0.2, 0.25) is 0 Å². The van der Waals surface area contributed by atoms with Gasteiger partial charge in [-0.3, -0.25) is 0 Å². The molecule has 58 valence electrons. The summed E-state index contributed by atoms with van der Waals surface area (Å²) in [6.45, 7) is 3.42. The van der Waals surface area contributed by atoms with Crippen LogP contribution in [0.15, 0.2) is 36.9 Å². The van der Waals surface area contributed by atoms with E-state index in [4.69, 9.17) is 0 Å². The molecular weight excluding hydrogens is 140 g/mol. The number of hydrogen-bond donors (Lipinski definition) is 2. The molecule has 0 saturated carbocycles. The number of aliphatic hydroxyl groups is 1. The predicted molar refractivity (Wildman–Crippen MR) is 43.3 cm³/mol. The molecule has 0 aliphatic heterocycles. The average molecular weight is 150 g/mol. The second-order valence-corrected chi connectivity index (χ2v) is 2.24. The van der Waals surface area contributed by atoms with Gasteiger partial charge in [0, 0.05) is 5.56 Å². The summed E-state index contributed by atoms with van der Waals surface area (Å²) in [7, 11) is 0. The minimum atomic E-state index is -0.781. The molecule has 0 fully saturated rings. The largest absolute Gasteiger partial charge is 0.508 e. The van der Waals surface area contributed by atoms with E-state index in [1.54, 1.807) is 18.2 Å². The molecule has 2 heteroatoms. The van der Waals surface area contributed by atoms with Crippen molar-refractivity contribution in [3.8, 4) is 5.75 Å². The molecule has 11 heavy (non-hydrogen) atoms. The van der Waals surface area contributed by atoms with E-state index in [1.807, 2.05) is 0 Å². The lowest BCUT2D eigenvalue weighted by Gasteiger charge is -2.06. The maximum atomic E-state index is 9.23. The van der Waals surface area contributed by atoms with Gasteiger partial charge in [0.1, 0.15) is 11.9 Å². The number of benzene rings is 1. The smallest absolute Gasteiger partial charge is 0.121 e. The summed E-state index contributed by atoms with van der Waals surface area (Å²) in [6.07, 6.45) is 0.589. The minimum Gasteiger partial charge on any atom is -0.508 e. The highest BCUT2D eigenvalue weighted by molar-refractivity contribution is 5.35. The highest BCUT2D eigenvalue weighted by atomic mass is 16.3. The minimum absolute atomic E-state index is 0.0971. The summed E-state index contributed by atoms with van der Waals surface area (Å²) in [6, 6.07) is 6.64. The van der Waals surface area contributed by atoms with Crippen molar-refractivity contribution in [2.75, 3.05) is 0 Å². The zero-order valence-electron chi connectivity index (χ0n) is 6.07. The Kier molecular flexibility index (Phi) is 2.28. The van der Waals surface area contributed by atoms with Crippen LogP contribution in [0.3, 0.4) is 0 Å². The number of phenolic OH excluding ortho intramolecular Hbond substituents is 1. The van der Waals surface area contributed by atoms with Gasteiger partial charge >= 0.3 is 0 Å². The van der Waals surface area contributed by atoms with Crippen LogP contribution in [0, 0.1) is 0 Å². The van der Waals surface area contributed by atoms with Crippen LogP contribution in [0.1, 0.15) is 11.7 Å². The van der Waals surface area contributed by atoms with Crippen LogP contribution in [-0.2, 0) is 0 Å². The van der Waals surface area contributed by atoms with E-state index >= 15 is 0 Å². The number of rotatable bonds is 2. The zero-order valence-corrected chi connectivity index (χ0v) is 6.07. The van der Waals surface area contributed by atoms with E-state index in [9.17, 15) is 10.2 Å². The second kappa shape index (κ2) is 3.21. The lowest BCUT2D eigenvalue weighted by atomic mass is 10.1. The van der Waals surface area contributed by atoms with Crippen LogP contribution in [0.4, 0.5) is 0 Å². The molecule has 2 N–H and O–H groups in total. The Labute approximate surface area is 65.4 Å². The zero-order chi connectivity index (χ0) is 8.27. The van der Waals surface area contributed by atoms with Gasteiger partial charge in [0.15, 0.2) is 0 Å². The molecule has 1 atom stereocenters. The molecule has 0 aliphatic carbocycles. The molecule has 1 rings (SSSR count). The molecule has 0 aliphatic rings. The molecule has 0 heterocycles. The molecule has 0 radical (unpaired) electrons. The van der Waals surface area contributed by atoms with Gasteiger partial charge in [-0.15, -0.1) is 6.58 Å². The lowest BCUT2D eigenvalue weighted by Crippen LogP contribution is -1.91. The van der Waals surface area contributed by atoms with E-state index in [2.05, 4.69) is 6.58 Å². The van der Waals surface area contributed by atoms with Crippen molar-refractivity contribution in [2.45, 2.75) is 6.10 Å². The Morgan fingerprint density at radius 2 is 2.00 bits per heavy atom. The van der Waals surface area contributed by atoms with E-state index in [1.165, 1.54) is 12.1 Å². The van der Waals surface area contributed by atoms with Gasteiger partial charge in [-0.2, -0.15) is 0 Å². The molecule has 1 unspecified atom stereocenters. The number of phenols is 1. The van der Waals surface area contributed by atoms with Crippen LogP contribution in [-0.4, -0.2) is 10.2 Å². The third-order valence-corrected chi connectivity index (χ3v) is 1.48. The molecule has 0 amide bonds. The normalized spacial score (nSPS) is 12.5. The van der Waals surface area contributed by atoms with Crippen LogP contribution in [0.5, 0.6) is 5.75 Å². The summed E-state index contributed by atoms with van der Waals surface area (Å²) in [5, 5.41) is 18.4. The Morgan fingerprint density at radius 1 is 1.36 bits per heavy atom. The first-order valence-electron chi connectivity index (χ1n) is 3.34. The topological polar surface area (TPSA) is 40.5 Å². The molecule has 0 bridgehead atoms. The van der Waals surface area contributed by atoms with Gasteiger partial charge < -0.3 is 10.2 Å². The Balaban J connectivity index is 3.02. The van der Waals surface area contributed by atoms with E-state index in [0.29, 0.717) is 5.56 Å². The van der Waals surface area contributed by atoms with Crippen molar-refractivity contribution in [1.82, 2.24) is 0 Å². The summed E-state index contributed by atoms with van der Waals surface area (Å²) in [5.41, 5.74) is 0.488. The second-order valence-electron chi connectivity index (χ2n) is 2.24. The van der Waals surface area contributed by atoms with Crippen molar-refractivity contribution < 1.29 is 10.2 Å². The van der Waals surface area contributed by atoms with Crippen molar-refractivity contribution >= 4 is 0 Å². The average Bonchev–Trinajstić information content (AvgIpc) is 2.04. The fraction of sp³-hybridized carbons (Fsp3) is 0.111. The fourth-order valence-corrected chi connectivity index (χ4v) is 0.865. The standard InChI is InChI=1S/C9H10O2/c1-2-8(10)7-5-3-4-6-9(7)11/h2-6,8,10-11H,1H2. The van der Waals surface area contributed by atoms with Gasteiger partial charge in [-0.1, -0.05) is 24.3 Å². The molecule has 0 saturated heterocycles. The highest BCUT2D eigenvalue weighted by Crippen LogP contribution is 2.23. The Bertz CT molecular complexity index is 255. The fourth-order valence-electron chi connectivity index (χ4n) is 0.865. The molecule has 0 spiro atoms. The Hall–Kier alpha value is -1.28. The molecular formula is C9H10O2. The molecule has 1 aromatic rings. The summed E-state index contributed by atoms with van der Waals surface area (Å²) < 4.78 is 0. The summed E-state index contributed by atoms with van der Waals surface area (Å²) in [5.74, 6) is 0.0971. The third-order valence-electron chi connectivity index (χ3n) is 1.48.